The molecule has 0 aliphatic heterocycles. The van der Waals surface area contributed by atoms with Crippen molar-refractivity contribution in [3.63, 3.8) is 0 Å². The SMILES string of the molecule is CC(=O)c1cccc2ccccc12.CNC(C)c1cccc2ccccc12. The second kappa shape index (κ2) is 8.61. The molecule has 0 radical (unpaired) electrons. The quantitative estimate of drug-likeness (QED) is 0.446. The summed E-state index contributed by atoms with van der Waals surface area (Å²) in [5.74, 6) is 0.122. The van der Waals surface area contributed by atoms with Crippen molar-refractivity contribution < 1.29 is 4.79 Å². The molecule has 2 nitrogen and oxygen atoms in total. The van der Waals surface area contributed by atoms with Crippen LogP contribution in [0.1, 0.15) is 35.8 Å². The van der Waals surface area contributed by atoms with Crippen LogP contribution in [0.5, 0.6) is 0 Å². The van der Waals surface area contributed by atoms with Gasteiger partial charge in [0, 0.05) is 11.6 Å². The van der Waals surface area contributed by atoms with Crippen molar-refractivity contribution in [2.45, 2.75) is 19.9 Å². The van der Waals surface area contributed by atoms with Gasteiger partial charge in [-0.3, -0.25) is 4.79 Å². The third kappa shape index (κ3) is 4.24. The van der Waals surface area contributed by atoms with Gasteiger partial charge < -0.3 is 5.32 Å². The average Bonchev–Trinajstić information content (AvgIpc) is 2.72. The minimum Gasteiger partial charge on any atom is -0.313 e. The van der Waals surface area contributed by atoms with Gasteiger partial charge in [0.15, 0.2) is 5.78 Å². The van der Waals surface area contributed by atoms with E-state index in [1.807, 2.05) is 49.5 Å². The zero-order valence-electron chi connectivity index (χ0n) is 16.1. The Morgan fingerprint density at radius 3 is 1.89 bits per heavy atom. The van der Waals surface area contributed by atoms with E-state index in [-0.39, 0.29) is 5.78 Å². The van der Waals surface area contributed by atoms with E-state index in [0.29, 0.717) is 6.04 Å². The molecule has 1 N–H and O–H groups in total. The Labute approximate surface area is 160 Å². The molecule has 0 fully saturated rings. The van der Waals surface area contributed by atoms with E-state index in [1.54, 1.807) is 6.92 Å². The van der Waals surface area contributed by atoms with Crippen molar-refractivity contribution in [2.75, 3.05) is 7.05 Å². The van der Waals surface area contributed by atoms with Gasteiger partial charge >= 0.3 is 0 Å². The molecular formula is C25H25NO. The molecule has 4 rings (SSSR count). The lowest BCUT2D eigenvalue weighted by Gasteiger charge is -2.13. The van der Waals surface area contributed by atoms with Crippen LogP contribution >= 0.6 is 0 Å². The Balaban J connectivity index is 0.000000156. The summed E-state index contributed by atoms with van der Waals surface area (Å²) in [5, 5.41) is 8.09. The molecule has 0 saturated carbocycles. The maximum atomic E-state index is 11.3. The van der Waals surface area contributed by atoms with E-state index in [1.165, 1.54) is 16.3 Å². The van der Waals surface area contributed by atoms with Crippen LogP contribution < -0.4 is 5.32 Å². The highest BCUT2D eigenvalue weighted by Crippen LogP contribution is 2.23. The first-order valence-electron chi connectivity index (χ1n) is 9.25. The largest absolute Gasteiger partial charge is 0.313 e. The highest BCUT2D eigenvalue weighted by molar-refractivity contribution is 6.06. The van der Waals surface area contributed by atoms with Gasteiger partial charge in [-0.05, 0) is 48.0 Å². The molecule has 1 unspecified atom stereocenters. The van der Waals surface area contributed by atoms with Gasteiger partial charge in [0.05, 0.1) is 0 Å². The van der Waals surface area contributed by atoms with Crippen molar-refractivity contribution in [3.05, 3.63) is 96.1 Å². The molecule has 4 aromatic carbocycles. The smallest absolute Gasteiger partial charge is 0.160 e. The van der Waals surface area contributed by atoms with Crippen LogP contribution in [0.2, 0.25) is 0 Å². The monoisotopic (exact) mass is 355 g/mol. The molecule has 1 atom stereocenters. The number of fused-ring (bicyclic) bond motifs is 2. The molecule has 0 spiro atoms. The van der Waals surface area contributed by atoms with Crippen LogP contribution in [-0.4, -0.2) is 12.8 Å². The first-order chi connectivity index (χ1) is 13.1. The predicted octanol–water partition coefficient (Wildman–Crippen LogP) is 6.16. The molecule has 4 aromatic rings. The van der Waals surface area contributed by atoms with E-state index in [0.717, 1.165) is 16.3 Å². The second-order valence-electron chi connectivity index (χ2n) is 6.66. The normalized spacial score (nSPS) is 11.7. The van der Waals surface area contributed by atoms with E-state index in [2.05, 4.69) is 54.7 Å². The Morgan fingerprint density at radius 1 is 0.741 bits per heavy atom. The second-order valence-corrected chi connectivity index (χ2v) is 6.66. The Kier molecular flexibility index (Phi) is 6.00. The maximum absolute atomic E-state index is 11.3. The van der Waals surface area contributed by atoms with Crippen LogP contribution in [0.4, 0.5) is 0 Å². The van der Waals surface area contributed by atoms with Gasteiger partial charge in [0.1, 0.15) is 0 Å². The summed E-state index contributed by atoms with van der Waals surface area (Å²) >= 11 is 0. The number of carbonyl (C=O) groups is 1. The summed E-state index contributed by atoms with van der Waals surface area (Å²) in [6, 6.07) is 29.1. The first kappa shape index (κ1) is 18.8. The lowest BCUT2D eigenvalue weighted by molar-refractivity contribution is 0.101. The van der Waals surface area contributed by atoms with Gasteiger partial charge in [-0.2, -0.15) is 0 Å². The van der Waals surface area contributed by atoms with Crippen LogP contribution in [-0.2, 0) is 0 Å². The zero-order chi connectivity index (χ0) is 19.2. The fourth-order valence-electron chi connectivity index (χ4n) is 3.32. The summed E-state index contributed by atoms with van der Waals surface area (Å²) in [6.07, 6.45) is 0. The number of Topliss-reactive ketones (excluding diaryl/α,β-unsaturated/α-hetero) is 1. The van der Waals surface area contributed by atoms with Crippen molar-refractivity contribution >= 4 is 27.3 Å². The van der Waals surface area contributed by atoms with E-state index >= 15 is 0 Å². The molecule has 0 aromatic heterocycles. The lowest BCUT2D eigenvalue weighted by atomic mass is 10.00. The molecular weight excluding hydrogens is 330 g/mol. The van der Waals surface area contributed by atoms with Crippen LogP contribution in [0, 0.1) is 0 Å². The summed E-state index contributed by atoms with van der Waals surface area (Å²) in [7, 11) is 1.99. The van der Waals surface area contributed by atoms with Gasteiger partial charge in [0.25, 0.3) is 0 Å². The third-order valence-corrected chi connectivity index (χ3v) is 4.89. The van der Waals surface area contributed by atoms with Gasteiger partial charge in [-0.25, -0.2) is 0 Å². The lowest BCUT2D eigenvalue weighted by Crippen LogP contribution is -2.12. The van der Waals surface area contributed by atoms with Gasteiger partial charge in [0.2, 0.25) is 0 Å². The number of ketones is 1. The van der Waals surface area contributed by atoms with Crippen molar-refractivity contribution in [2.24, 2.45) is 0 Å². The van der Waals surface area contributed by atoms with E-state index in [9.17, 15) is 4.79 Å². The highest BCUT2D eigenvalue weighted by Gasteiger charge is 2.05. The first-order valence-corrected chi connectivity index (χ1v) is 9.25. The summed E-state index contributed by atoms with van der Waals surface area (Å²) < 4.78 is 0. The number of hydrogen-bond donors (Lipinski definition) is 1. The number of hydrogen-bond acceptors (Lipinski definition) is 2. The molecule has 2 heteroatoms. The van der Waals surface area contributed by atoms with E-state index in [4.69, 9.17) is 0 Å². The average molecular weight is 355 g/mol. The number of rotatable bonds is 3. The molecule has 0 heterocycles. The number of benzene rings is 4. The van der Waals surface area contributed by atoms with Crippen LogP contribution in [0.3, 0.4) is 0 Å². The standard InChI is InChI=1S/C13H15N.C12H10O/c1-10(14-2)12-9-5-7-11-6-3-4-8-13(11)12;1-9(13)11-8-4-6-10-5-2-3-7-12(10)11/h3-10,14H,1-2H3;2-8H,1H3. The maximum Gasteiger partial charge on any atom is 0.160 e. The Hall–Kier alpha value is -2.97. The Morgan fingerprint density at radius 2 is 1.26 bits per heavy atom. The fourth-order valence-corrected chi connectivity index (χ4v) is 3.32. The number of carbonyl (C=O) groups excluding carboxylic acids is 1. The van der Waals surface area contributed by atoms with E-state index < -0.39 is 0 Å². The van der Waals surface area contributed by atoms with Crippen LogP contribution in [0.15, 0.2) is 84.9 Å². The molecule has 0 aliphatic carbocycles. The van der Waals surface area contributed by atoms with Crippen molar-refractivity contribution in [3.8, 4) is 0 Å². The van der Waals surface area contributed by atoms with Crippen LogP contribution in [0.25, 0.3) is 21.5 Å². The van der Waals surface area contributed by atoms with Crippen molar-refractivity contribution in [1.82, 2.24) is 5.32 Å². The molecule has 0 amide bonds. The molecule has 0 saturated heterocycles. The zero-order valence-corrected chi connectivity index (χ0v) is 16.1. The van der Waals surface area contributed by atoms with Crippen molar-refractivity contribution in [1.29, 1.82) is 0 Å². The summed E-state index contributed by atoms with van der Waals surface area (Å²) in [4.78, 5) is 11.3. The fraction of sp³-hybridized carbons (Fsp3) is 0.160. The summed E-state index contributed by atoms with van der Waals surface area (Å²) in [5.41, 5.74) is 2.17. The highest BCUT2D eigenvalue weighted by atomic mass is 16.1. The molecule has 27 heavy (non-hydrogen) atoms. The summed E-state index contributed by atoms with van der Waals surface area (Å²) in [6.45, 7) is 3.78. The predicted molar refractivity (Wildman–Crippen MR) is 115 cm³/mol. The molecule has 0 aliphatic rings. The number of nitrogens with one attached hydrogen (secondary N) is 1. The minimum absolute atomic E-state index is 0.122. The minimum atomic E-state index is 0.122. The Bertz CT molecular complexity index is 1060. The molecule has 136 valence electrons. The molecule has 0 bridgehead atoms. The van der Waals surface area contributed by atoms with Gasteiger partial charge in [-0.15, -0.1) is 0 Å². The topological polar surface area (TPSA) is 29.1 Å². The van der Waals surface area contributed by atoms with Gasteiger partial charge in [-0.1, -0.05) is 84.9 Å². The third-order valence-electron chi connectivity index (χ3n) is 4.89.